The van der Waals surface area contributed by atoms with Crippen LogP contribution in [0.2, 0.25) is 0 Å². The van der Waals surface area contributed by atoms with Gasteiger partial charge in [-0.1, -0.05) is 12.1 Å². The summed E-state index contributed by atoms with van der Waals surface area (Å²) in [6, 6.07) is 4.15. The number of hydrogen-bond acceptors (Lipinski definition) is 3. The van der Waals surface area contributed by atoms with Crippen molar-refractivity contribution in [1.29, 1.82) is 0 Å². The van der Waals surface area contributed by atoms with Crippen LogP contribution in [0.4, 0.5) is 0 Å². The maximum atomic E-state index is 10.1. The molecule has 17 heavy (non-hydrogen) atoms. The maximum absolute atomic E-state index is 10.1. The van der Waals surface area contributed by atoms with Crippen molar-refractivity contribution in [2.24, 2.45) is 0 Å². The average Bonchev–Trinajstić information content (AvgIpc) is 2.59. The number of aryl methyl sites for hydroxylation is 1. The molecule has 0 radical (unpaired) electrons. The summed E-state index contributed by atoms with van der Waals surface area (Å²) < 4.78 is 0. The van der Waals surface area contributed by atoms with Crippen molar-refractivity contribution in [2.75, 3.05) is 26.2 Å². The maximum Gasteiger partial charge on any atom is 0.123 e. The van der Waals surface area contributed by atoms with Crippen molar-refractivity contribution in [3.05, 3.63) is 28.8 Å². The van der Waals surface area contributed by atoms with Crippen LogP contribution in [-0.4, -0.2) is 36.2 Å². The van der Waals surface area contributed by atoms with E-state index in [9.17, 15) is 5.11 Å². The molecule has 2 N–H and O–H groups in total. The predicted octanol–water partition coefficient (Wildman–Crippen LogP) is 1.80. The highest BCUT2D eigenvalue weighted by Crippen LogP contribution is 2.26. The summed E-state index contributed by atoms with van der Waals surface area (Å²) in [7, 11) is 0. The highest BCUT2D eigenvalue weighted by Gasteiger charge is 2.12. The first-order chi connectivity index (χ1) is 8.18. The summed E-state index contributed by atoms with van der Waals surface area (Å²) in [5.74, 6) is 0.474. The first-order valence-corrected chi connectivity index (χ1v) is 6.39. The van der Waals surface area contributed by atoms with Gasteiger partial charge < -0.3 is 10.4 Å². The molecular weight excluding hydrogens is 212 g/mol. The lowest BCUT2D eigenvalue weighted by atomic mass is 10.0. The molecule has 1 fully saturated rings. The smallest absolute Gasteiger partial charge is 0.123 e. The van der Waals surface area contributed by atoms with Gasteiger partial charge in [-0.3, -0.25) is 4.90 Å². The Morgan fingerprint density at radius 1 is 1.24 bits per heavy atom. The number of hydrogen-bond donors (Lipinski definition) is 2. The van der Waals surface area contributed by atoms with Crippen molar-refractivity contribution in [3.8, 4) is 5.75 Å². The van der Waals surface area contributed by atoms with Gasteiger partial charge in [-0.25, -0.2) is 0 Å². The SMILES string of the molecule is Cc1ccc(CN2CCCNCC2)c(O)c1C. The summed E-state index contributed by atoms with van der Waals surface area (Å²) in [6.45, 7) is 9.20. The molecule has 3 heteroatoms. The molecule has 1 aromatic carbocycles. The topological polar surface area (TPSA) is 35.5 Å². The highest BCUT2D eigenvalue weighted by molar-refractivity contribution is 5.44. The van der Waals surface area contributed by atoms with Crippen LogP contribution in [0.3, 0.4) is 0 Å². The Hall–Kier alpha value is -1.06. The summed E-state index contributed by atoms with van der Waals surface area (Å²) in [4.78, 5) is 2.41. The van der Waals surface area contributed by atoms with Gasteiger partial charge in [-0.2, -0.15) is 0 Å². The van der Waals surface area contributed by atoms with Gasteiger partial charge in [0, 0.05) is 25.2 Å². The molecule has 1 aliphatic heterocycles. The number of phenols is 1. The molecule has 0 spiro atoms. The Morgan fingerprint density at radius 3 is 2.88 bits per heavy atom. The highest BCUT2D eigenvalue weighted by atomic mass is 16.3. The Bertz CT molecular complexity index is 382. The summed E-state index contributed by atoms with van der Waals surface area (Å²) >= 11 is 0. The van der Waals surface area contributed by atoms with Crippen molar-refractivity contribution in [3.63, 3.8) is 0 Å². The number of aromatic hydroxyl groups is 1. The van der Waals surface area contributed by atoms with Gasteiger partial charge in [-0.15, -0.1) is 0 Å². The molecule has 94 valence electrons. The van der Waals surface area contributed by atoms with E-state index in [1.165, 1.54) is 6.42 Å². The lowest BCUT2D eigenvalue weighted by Gasteiger charge is -2.20. The Morgan fingerprint density at radius 2 is 2.06 bits per heavy atom. The fourth-order valence-corrected chi connectivity index (χ4v) is 2.29. The predicted molar refractivity (Wildman–Crippen MR) is 70.3 cm³/mol. The zero-order valence-electron chi connectivity index (χ0n) is 10.8. The van der Waals surface area contributed by atoms with Crippen LogP contribution in [0.15, 0.2) is 12.1 Å². The van der Waals surface area contributed by atoms with E-state index in [0.717, 1.165) is 49.4 Å². The third kappa shape index (κ3) is 2.99. The number of benzene rings is 1. The molecule has 2 rings (SSSR count). The van der Waals surface area contributed by atoms with Gasteiger partial charge in [-0.05, 0) is 44.5 Å². The Labute approximate surface area is 103 Å². The molecule has 0 atom stereocenters. The average molecular weight is 234 g/mol. The molecule has 1 aliphatic rings. The van der Waals surface area contributed by atoms with Crippen molar-refractivity contribution in [2.45, 2.75) is 26.8 Å². The fourth-order valence-electron chi connectivity index (χ4n) is 2.29. The second-order valence-corrected chi connectivity index (χ2v) is 4.89. The summed E-state index contributed by atoms with van der Waals surface area (Å²) in [5, 5.41) is 13.5. The lowest BCUT2D eigenvalue weighted by Crippen LogP contribution is -2.27. The zero-order chi connectivity index (χ0) is 12.3. The molecule has 0 amide bonds. The van der Waals surface area contributed by atoms with Crippen molar-refractivity contribution in [1.82, 2.24) is 10.2 Å². The second-order valence-electron chi connectivity index (χ2n) is 4.89. The van der Waals surface area contributed by atoms with Crippen LogP contribution in [-0.2, 0) is 6.54 Å². The number of rotatable bonds is 2. The van der Waals surface area contributed by atoms with Gasteiger partial charge in [0.2, 0.25) is 0 Å². The normalized spacial score (nSPS) is 18.0. The van der Waals surface area contributed by atoms with E-state index >= 15 is 0 Å². The van der Waals surface area contributed by atoms with Crippen LogP contribution in [0, 0.1) is 13.8 Å². The third-order valence-corrected chi connectivity index (χ3v) is 3.61. The standard InChI is InChI=1S/C14H22N2O/c1-11-4-5-13(14(17)12(11)2)10-16-8-3-6-15-7-9-16/h4-5,15,17H,3,6-10H2,1-2H3. The van der Waals surface area contributed by atoms with Crippen LogP contribution < -0.4 is 5.32 Å². The first kappa shape index (κ1) is 12.4. The minimum absolute atomic E-state index is 0.474. The van der Waals surface area contributed by atoms with E-state index in [1.54, 1.807) is 0 Å². The van der Waals surface area contributed by atoms with E-state index < -0.39 is 0 Å². The van der Waals surface area contributed by atoms with E-state index in [1.807, 2.05) is 13.8 Å². The zero-order valence-corrected chi connectivity index (χ0v) is 10.8. The largest absolute Gasteiger partial charge is 0.507 e. The molecule has 1 aromatic rings. The van der Waals surface area contributed by atoms with Gasteiger partial charge in [0.05, 0.1) is 0 Å². The monoisotopic (exact) mass is 234 g/mol. The van der Waals surface area contributed by atoms with Gasteiger partial charge in [0.25, 0.3) is 0 Å². The number of nitrogens with one attached hydrogen (secondary N) is 1. The van der Waals surface area contributed by atoms with E-state index in [0.29, 0.717) is 5.75 Å². The van der Waals surface area contributed by atoms with Crippen LogP contribution >= 0.6 is 0 Å². The summed E-state index contributed by atoms with van der Waals surface area (Å²) in [5.41, 5.74) is 3.22. The first-order valence-electron chi connectivity index (χ1n) is 6.39. The minimum Gasteiger partial charge on any atom is -0.507 e. The molecule has 0 aliphatic carbocycles. The molecule has 1 saturated heterocycles. The fraction of sp³-hybridized carbons (Fsp3) is 0.571. The van der Waals surface area contributed by atoms with Gasteiger partial charge >= 0.3 is 0 Å². The third-order valence-electron chi connectivity index (χ3n) is 3.61. The van der Waals surface area contributed by atoms with Gasteiger partial charge in [0.15, 0.2) is 0 Å². The Balaban J connectivity index is 2.09. The second kappa shape index (κ2) is 5.52. The lowest BCUT2D eigenvalue weighted by molar-refractivity contribution is 0.279. The van der Waals surface area contributed by atoms with Crippen LogP contribution in [0.25, 0.3) is 0 Å². The van der Waals surface area contributed by atoms with Gasteiger partial charge in [0.1, 0.15) is 5.75 Å². The molecule has 0 unspecified atom stereocenters. The number of phenolic OH excluding ortho intramolecular Hbond substituents is 1. The minimum atomic E-state index is 0.474. The van der Waals surface area contributed by atoms with Crippen molar-refractivity contribution < 1.29 is 5.11 Å². The molecule has 3 nitrogen and oxygen atoms in total. The Kier molecular flexibility index (Phi) is 4.02. The van der Waals surface area contributed by atoms with Crippen LogP contribution in [0.1, 0.15) is 23.1 Å². The van der Waals surface area contributed by atoms with E-state index in [4.69, 9.17) is 0 Å². The number of nitrogens with zero attached hydrogens (tertiary/aromatic N) is 1. The summed E-state index contributed by atoms with van der Waals surface area (Å²) in [6.07, 6.45) is 1.19. The molecule has 0 saturated carbocycles. The molecular formula is C14H22N2O. The van der Waals surface area contributed by atoms with Crippen molar-refractivity contribution >= 4 is 0 Å². The molecule has 0 bridgehead atoms. The molecule has 0 aromatic heterocycles. The van der Waals surface area contributed by atoms with Crippen LogP contribution in [0.5, 0.6) is 5.75 Å². The van der Waals surface area contributed by atoms with E-state index in [-0.39, 0.29) is 0 Å². The van der Waals surface area contributed by atoms with E-state index in [2.05, 4.69) is 22.3 Å². The quantitative estimate of drug-likeness (QED) is 0.819. The molecule has 1 heterocycles.